The fourth-order valence-electron chi connectivity index (χ4n) is 1.85. The van der Waals surface area contributed by atoms with Gasteiger partial charge in [0, 0.05) is 11.0 Å². The summed E-state index contributed by atoms with van der Waals surface area (Å²) in [4.78, 5) is 24.2. The van der Waals surface area contributed by atoms with Crippen molar-refractivity contribution in [3.05, 3.63) is 58.3 Å². The summed E-state index contributed by atoms with van der Waals surface area (Å²) in [6.07, 6.45) is 3.04. The van der Waals surface area contributed by atoms with Gasteiger partial charge in [-0.25, -0.2) is 0 Å². The summed E-state index contributed by atoms with van der Waals surface area (Å²) < 4.78 is 5.37. The highest BCUT2D eigenvalue weighted by Crippen LogP contribution is 2.18. The highest BCUT2D eigenvalue weighted by atomic mass is 32.1. The number of carbonyl (C=O) groups is 2. The van der Waals surface area contributed by atoms with Gasteiger partial charge in [0.1, 0.15) is 5.75 Å². The number of rotatable bonds is 6. The number of nitrogens with one attached hydrogen (secondary N) is 2. The Kier molecular flexibility index (Phi) is 6.57. The molecule has 0 fully saturated rings. The zero-order valence-corrected chi connectivity index (χ0v) is 14.4. The lowest BCUT2D eigenvalue weighted by Gasteiger charge is -2.09. The lowest BCUT2D eigenvalue weighted by Crippen LogP contribution is -2.43. The fourth-order valence-corrected chi connectivity index (χ4v) is 2.47. The van der Waals surface area contributed by atoms with Crippen LogP contribution in [-0.4, -0.2) is 18.4 Å². The van der Waals surface area contributed by atoms with Gasteiger partial charge < -0.3 is 4.74 Å². The zero-order valence-electron chi connectivity index (χ0n) is 13.6. The molecule has 1 heterocycles. The van der Waals surface area contributed by atoms with Crippen LogP contribution in [0.3, 0.4) is 0 Å². The largest absolute Gasteiger partial charge is 0.484 e. The van der Waals surface area contributed by atoms with Crippen LogP contribution in [0, 0.1) is 0 Å². The first-order valence-corrected chi connectivity index (χ1v) is 8.45. The van der Waals surface area contributed by atoms with Crippen LogP contribution >= 0.6 is 11.3 Å². The van der Waals surface area contributed by atoms with E-state index in [0.29, 0.717) is 11.7 Å². The molecule has 0 saturated carbocycles. The third-order valence-electron chi connectivity index (χ3n) is 3.18. The molecule has 0 radical (unpaired) electrons. The second-order valence-electron chi connectivity index (χ2n) is 5.40. The maximum atomic E-state index is 11.7. The maximum Gasteiger partial charge on any atom is 0.276 e. The van der Waals surface area contributed by atoms with Crippen LogP contribution in [0.5, 0.6) is 5.75 Å². The van der Waals surface area contributed by atoms with Crippen LogP contribution in [-0.2, 0) is 9.59 Å². The Labute approximate surface area is 145 Å². The highest BCUT2D eigenvalue weighted by molar-refractivity contribution is 7.10. The second kappa shape index (κ2) is 8.88. The molecule has 0 unspecified atom stereocenters. The van der Waals surface area contributed by atoms with Gasteiger partial charge in [-0.2, -0.15) is 0 Å². The van der Waals surface area contributed by atoms with Crippen LogP contribution in [0.2, 0.25) is 0 Å². The van der Waals surface area contributed by atoms with E-state index in [1.807, 2.05) is 41.8 Å². The van der Waals surface area contributed by atoms with Gasteiger partial charge in [-0.3, -0.25) is 20.4 Å². The average molecular weight is 344 g/mol. The summed E-state index contributed by atoms with van der Waals surface area (Å²) in [5.41, 5.74) is 5.81. The standard InChI is InChI=1S/C18H20N2O3S/c1-13(2)14-5-7-15(8-6-14)23-12-18(22)20-19-17(21)10-9-16-4-3-11-24-16/h3-11,13H,12H2,1-2H3,(H,19,21)(H,20,22). The van der Waals surface area contributed by atoms with Gasteiger partial charge in [-0.1, -0.05) is 32.0 Å². The Morgan fingerprint density at radius 2 is 1.92 bits per heavy atom. The number of hydrazine groups is 1. The summed E-state index contributed by atoms with van der Waals surface area (Å²) in [7, 11) is 0. The third kappa shape index (κ3) is 5.89. The van der Waals surface area contributed by atoms with Gasteiger partial charge in [0.25, 0.3) is 11.8 Å². The van der Waals surface area contributed by atoms with Crippen molar-refractivity contribution in [2.24, 2.45) is 0 Å². The third-order valence-corrected chi connectivity index (χ3v) is 4.02. The summed E-state index contributed by atoms with van der Waals surface area (Å²) in [5, 5.41) is 1.92. The molecule has 0 saturated heterocycles. The van der Waals surface area contributed by atoms with Crippen LogP contribution in [0.25, 0.3) is 6.08 Å². The summed E-state index contributed by atoms with van der Waals surface area (Å²) in [6, 6.07) is 11.4. The molecule has 0 spiro atoms. The van der Waals surface area contributed by atoms with E-state index in [4.69, 9.17) is 4.74 Å². The Balaban J connectivity index is 1.70. The van der Waals surface area contributed by atoms with Crippen molar-refractivity contribution in [2.75, 3.05) is 6.61 Å². The number of carbonyl (C=O) groups excluding carboxylic acids is 2. The molecule has 0 atom stereocenters. The number of amides is 2. The number of hydrogen-bond donors (Lipinski definition) is 2. The fraction of sp³-hybridized carbons (Fsp3) is 0.222. The van der Waals surface area contributed by atoms with Gasteiger partial charge in [0.15, 0.2) is 6.61 Å². The topological polar surface area (TPSA) is 67.4 Å². The van der Waals surface area contributed by atoms with E-state index in [1.54, 1.807) is 6.08 Å². The van der Waals surface area contributed by atoms with Crippen molar-refractivity contribution in [1.29, 1.82) is 0 Å². The van der Waals surface area contributed by atoms with Crippen molar-refractivity contribution < 1.29 is 14.3 Å². The van der Waals surface area contributed by atoms with E-state index in [2.05, 4.69) is 24.7 Å². The van der Waals surface area contributed by atoms with E-state index in [0.717, 1.165) is 4.88 Å². The average Bonchev–Trinajstić information content (AvgIpc) is 3.10. The molecule has 1 aromatic carbocycles. The number of benzene rings is 1. The molecule has 0 aliphatic rings. The maximum absolute atomic E-state index is 11.7. The van der Waals surface area contributed by atoms with Gasteiger partial charge in [-0.05, 0) is 41.1 Å². The first kappa shape index (κ1) is 17.7. The van der Waals surface area contributed by atoms with Crippen molar-refractivity contribution in [3.8, 4) is 5.75 Å². The highest BCUT2D eigenvalue weighted by Gasteiger charge is 2.05. The SMILES string of the molecule is CC(C)c1ccc(OCC(=O)NNC(=O)C=Cc2cccs2)cc1. The predicted octanol–water partition coefficient (Wildman–Crippen LogP) is 3.11. The molecule has 6 heteroatoms. The van der Waals surface area contributed by atoms with Gasteiger partial charge in [-0.15, -0.1) is 11.3 Å². The van der Waals surface area contributed by atoms with E-state index in [-0.39, 0.29) is 6.61 Å². The molecular weight excluding hydrogens is 324 g/mol. The van der Waals surface area contributed by atoms with E-state index >= 15 is 0 Å². The molecule has 2 N–H and O–H groups in total. The van der Waals surface area contributed by atoms with Crippen molar-refractivity contribution in [2.45, 2.75) is 19.8 Å². The Bertz CT molecular complexity index is 692. The molecule has 0 aliphatic heterocycles. The van der Waals surface area contributed by atoms with Crippen LogP contribution in [0.4, 0.5) is 0 Å². The molecular formula is C18H20N2O3S. The summed E-state index contributed by atoms with van der Waals surface area (Å²) in [5.74, 6) is 0.220. The Morgan fingerprint density at radius 3 is 2.54 bits per heavy atom. The molecule has 126 valence electrons. The lowest BCUT2D eigenvalue weighted by atomic mass is 10.0. The van der Waals surface area contributed by atoms with E-state index in [9.17, 15) is 9.59 Å². The van der Waals surface area contributed by atoms with Crippen LogP contribution < -0.4 is 15.6 Å². The molecule has 1 aromatic heterocycles. The molecule has 5 nitrogen and oxygen atoms in total. The van der Waals surface area contributed by atoms with E-state index in [1.165, 1.54) is 23.0 Å². The van der Waals surface area contributed by atoms with E-state index < -0.39 is 11.8 Å². The van der Waals surface area contributed by atoms with Gasteiger partial charge in [0.2, 0.25) is 0 Å². The molecule has 24 heavy (non-hydrogen) atoms. The molecule has 0 bridgehead atoms. The quantitative estimate of drug-likeness (QED) is 0.625. The first-order chi connectivity index (χ1) is 11.5. The molecule has 2 rings (SSSR count). The molecule has 2 aromatic rings. The molecule has 0 aliphatic carbocycles. The van der Waals surface area contributed by atoms with Crippen molar-refractivity contribution in [3.63, 3.8) is 0 Å². The lowest BCUT2D eigenvalue weighted by molar-refractivity contribution is -0.128. The summed E-state index contributed by atoms with van der Waals surface area (Å²) >= 11 is 1.52. The minimum atomic E-state index is -0.430. The smallest absolute Gasteiger partial charge is 0.276 e. The van der Waals surface area contributed by atoms with Crippen LogP contribution in [0.1, 0.15) is 30.2 Å². The molecule has 2 amide bonds. The van der Waals surface area contributed by atoms with Crippen molar-refractivity contribution >= 4 is 29.2 Å². The summed E-state index contributed by atoms with van der Waals surface area (Å²) in [6.45, 7) is 4.05. The van der Waals surface area contributed by atoms with Gasteiger partial charge in [0.05, 0.1) is 0 Å². The normalized spacial score (nSPS) is 10.8. The Morgan fingerprint density at radius 1 is 1.17 bits per heavy atom. The Hall–Kier alpha value is -2.60. The minimum absolute atomic E-state index is 0.171. The van der Waals surface area contributed by atoms with Crippen molar-refractivity contribution in [1.82, 2.24) is 10.9 Å². The van der Waals surface area contributed by atoms with Crippen LogP contribution in [0.15, 0.2) is 47.9 Å². The number of ether oxygens (including phenoxy) is 1. The van der Waals surface area contributed by atoms with Gasteiger partial charge >= 0.3 is 0 Å². The number of thiophene rings is 1. The minimum Gasteiger partial charge on any atom is -0.484 e. The monoisotopic (exact) mass is 344 g/mol. The zero-order chi connectivity index (χ0) is 17.4. The predicted molar refractivity (Wildman–Crippen MR) is 95.7 cm³/mol. The first-order valence-electron chi connectivity index (χ1n) is 7.58. The number of hydrogen-bond acceptors (Lipinski definition) is 4. The second-order valence-corrected chi connectivity index (χ2v) is 6.38.